The molecule has 0 bridgehead atoms. The van der Waals surface area contributed by atoms with E-state index in [4.69, 9.17) is 0 Å². The molecule has 1 saturated carbocycles. The van der Waals surface area contributed by atoms with Gasteiger partial charge in [-0.05, 0) is 18.3 Å². The van der Waals surface area contributed by atoms with Gasteiger partial charge in [-0.2, -0.15) is 0 Å². The third kappa shape index (κ3) is 2.40. The molecular weight excluding hydrogens is 202 g/mol. The van der Waals surface area contributed by atoms with Gasteiger partial charge in [-0.1, -0.05) is 33.1 Å². The van der Waals surface area contributed by atoms with Crippen LogP contribution < -0.4 is 0 Å². The van der Waals surface area contributed by atoms with Crippen molar-refractivity contribution in [2.45, 2.75) is 52.0 Å². The minimum absolute atomic E-state index is 0.126. The van der Waals surface area contributed by atoms with Crippen LogP contribution in [-0.4, -0.2) is 35.1 Å². The fourth-order valence-corrected chi connectivity index (χ4v) is 3.30. The highest BCUT2D eigenvalue weighted by Gasteiger charge is 2.42. The molecule has 0 aromatic carbocycles. The van der Waals surface area contributed by atoms with Crippen molar-refractivity contribution in [2.75, 3.05) is 13.1 Å². The van der Waals surface area contributed by atoms with E-state index in [0.29, 0.717) is 11.5 Å². The fraction of sp³-hybridized carbons (Fsp3) is 0.923. The molecule has 0 aromatic heterocycles. The summed E-state index contributed by atoms with van der Waals surface area (Å²) < 4.78 is 0. The summed E-state index contributed by atoms with van der Waals surface area (Å²) in [6.07, 6.45) is 5.44. The first-order chi connectivity index (χ1) is 7.49. The minimum atomic E-state index is -0.586. The second kappa shape index (κ2) is 4.36. The molecule has 1 aliphatic heterocycles. The first kappa shape index (κ1) is 11.9. The number of carbonyl (C=O) groups is 1. The second-order valence-corrected chi connectivity index (χ2v) is 6.22. The van der Waals surface area contributed by atoms with Gasteiger partial charge in [0.15, 0.2) is 0 Å². The Bertz CT molecular complexity index is 267. The predicted molar refractivity (Wildman–Crippen MR) is 63.4 cm³/mol. The molecule has 0 spiro atoms. The maximum absolute atomic E-state index is 11.3. The van der Waals surface area contributed by atoms with E-state index in [2.05, 4.69) is 18.7 Å². The van der Waals surface area contributed by atoms with Gasteiger partial charge in [0.2, 0.25) is 0 Å². The quantitative estimate of drug-likeness (QED) is 0.733. The fourth-order valence-electron chi connectivity index (χ4n) is 3.30. The van der Waals surface area contributed by atoms with Crippen LogP contribution in [0.25, 0.3) is 0 Å². The summed E-state index contributed by atoms with van der Waals surface area (Å²) in [5, 5.41) is 9.31. The summed E-state index contributed by atoms with van der Waals surface area (Å²) in [5.74, 6) is -0.713. The van der Waals surface area contributed by atoms with Gasteiger partial charge in [-0.3, -0.25) is 9.69 Å². The lowest BCUT2D eigenvalue weighted by Gasteiger charge is -2.51. The topological polar surface area (TPSA) is 40.5 Å². The monoisotopic (exact) mass is 225 g/mol. The van der Waals surface area contributed by atoms with Gasteiger partial charge >= 0.3 is 5.97 Å². The lowest BCUT2D eigenvalue weighted by atomic mass is 9.80. The number of carboxylic acids is 1. The van der Waals surface area contributed by atoms with E-state index in [0.717, 1.165) is 32.4 Å². The molecular formula is C13H23NO2. The van der Waals surface area contributed by atoms with E-state index in [1.54, 1.807) is 0 Å². The predicted octanol–water partition coefficient (Wildman–Crippen LogP) is 2.36. The maximum atomic E-state index is 11.3. The average Bonchev–Trinajstić information content (AvgIpc) is 2.38. The van der Waals surface area contributed by atoms with Crippen LogP contribution >= 0.6 is 0 Å². The lowest BCUT2D eigenvalue weighted by molar-refractivity contribution is -0.147. The van der Waals surface area contributed by atoms with Gasteiger partial charge in [0.05, 0.1) is 5.92 Å². The van der Waals surface area contributed by atoms with Gasteiger partial charge in [0, 0.05) is 19.1 Å². The highest BCUT2D eigenvalue weighted by molar-refractivity contribution is 5.71. The number of rotatable bonds is 2. The minimum Gasteiger partial charge on any atom is -0.481 e. The van der Waals surface area contributed by atoms with Gasteiger partial charge < -0.3 is 5.11 Å². The molecule has 2 atom stereocenters. The zero-order valence-corrected chi connectivity index (χ0v) is 10.4. The molecule has 0 radical (unpaired) electrons. The third-order valence-corrected chi connectivity index (χ3v) is 4.03. The van der Waals surface area contributed by atoms with Crippen molar-refractivity contribution < 1.29 is 9.90 Å². The van der Waals surface area contributed by atoms with Crippen LogP contribution in [0.15, 0.2) is 0 Å². The van der Waals surface area contributed by atoms with Gasteiger partial charge in [-0.15, -0.1) is 0 Å². The van der Waals surface area contributed by atoms with Crippen molar-refractivity contribution >= 4 is 5.97 Å². The highest BCUT2D eigenvalue weighted by atomic mass is 16.4. The molecule has 1 saturated heterocycles. The van der Waals surface area contributed by atoms with E-state index < -0.39 is 5.97 Å². The summed E-state index contributed by atoms with van der Waals surface area (Å²) >= 11 is 0. The Morgan fingerprint density at radius 3 is 2.38 bits per heavy atom. The van der Waals surface area contributed by atoms with E-state index in [1.165, 1.54) is 12.8 Å². The van der Waals surface area contributed by atoms with Crippen molar-refractivity contribution in [1.29, 1.82) is 0 Å². The number of nitrogens with zero attached hydrogens (tertiary/aromatic N) is 1. The van der Waals surface area contributed by atoms with Crippen LogP contribution in [0.3, 0.4) is 0 Å². The standard InChI is InChI=1S/C13H23NO2/c1-13(2)8-14(9-13)11-7-5-3-4-6-10(11)12(15)16/h10-11H,3-9H2,1-2H3,(H,15,16). The molecule has 1 N–H and O–H groups in total. The molecule has 2 aliphatic rings. The Labute approximate surface area is 97.8 Å². The first-order valence-electron chi connectivity index (χ1n) is 6.46. The van der Waals surface area contributed by atoms with Crippen LogP contribution in [0.1, 0.15) is 46.0 Å². The van der Waals surface area contributed by atoms with Crippen LogP contribution in [0.2, 0.25) is 0 Å². The number of likely N-dealkylation sites (tertiary alicyclic amines) is 1. The summed E-state index contributed by atoms with van der Waals surface area (Å²) in [6, 6.07) is 0.299. The highest BCUT2D eigenvalue weighted by Crippen LogP contribution is 2.37. The van der Waals surface area contributed by atoms with E-state index in [1.807, 2.05) is 0 Å². The Morgan fingerprint density at radius 2 is 1.81 bits per heavy atom. The summed E-state index contributed by atoms with van der Waals surface area (Å²) in [5.41, 5.74) is 0.398. The number of hydrogen-bond donors (Lipinski definition) is 1. The third-order valence-electron chi connectivity index (χ3n) is 4.03. The molecule has 3 heteroatoms. The molecule has 0 amide bonds. The van der Waals surface area contributed by atoms with Crippen LogP contribution in [0, 0.1) is 11.3 Å². The number of carboxylic acid groups (broad SMARTS) is 1. The van der Waals surface area contributed by atoms with Crippen LogP contribution in [-0.2, 0) is 4.79 Å². The van der Waals surface area contributed by atoms with Gasteiger partial charge in [0.1, 0.15) is 0 Å². The summed E-state index contributed by atoms with van der Waals surface area (Å²) in [6.45, 7) is 6.66. The second-order valence-electron chi connectivity index (χ2n) is 6.22. The Balaban J connectivity index is 2.01. The van der Waals surface area contributed by atoms with Crippen molar-refractivity contribution in [2.24, 2.45) is 11.3 Å². The molecule has 1 heterocycles. The van der Waals surface area contributed by atoms with Gasteiger partial charge in [0.25, 0.3) is 0 Å². The van der Waals surface area contributed by atoms with Crippen LogP contribution in [0.4, 0.5) is 0 Å². The molecule has 16 heavy (non-hydrogen) atoms. The Hall–Kier alpha value is -0.570. The first-order valence-corrected chi connectivity index (χ1v) is 6.46. The normalized spacial score (nSPS) is 35.1. The molecule has 2 rings (SSSR count). The van der Waals surface area contributed by atoms with Crippen LogP contribution in [0.5, 0.6) is 0 Å². The molecule has 92 valence electrons. The van der Waals surface area contributed by atoms with Crippen molar-refractivity contribution in [1.82, 2.24) is 4.90 Å². The number of hydrogen-bond acceptors (Lipinski definition) is 2. The molecule has 3 nitrogen and oxygen atoms in total. The zero-order chi connectivity index (χ0) is 11.8. The molecule has 2 fully saturated rings. The Morgan fingerprint density at radius 1 is 1.19 bits per heavy atom. The molecule has 2 unspecified atom stereocenters. The number of aliphatic carboxylic acids is 1. The zero-order valence-electron chi connectivity index (χ0n) is 10.4. The van der Waals surface area contributed by atoms with Crippen molar-refractivity contribution in [3.63, 3.8) is 0 Å². The van der Waals surface area contributed by atoms with E-state index in [-0.39, 0.29) is 5.92 Å². The van der Waals surface area contributed by atoms with Crippen molar-refractivity contribution in [3.05, 3.63) is 0 Å². The lowest BCUT2D eigenvalue weighted by Crippen LogP contribution is -2.59. The summed E-state index contributed by atoms with van der Waals surface area (Å²) in [7, 11) is 0. The van der Waals surface area contributed by atoms with E-state index in [9.17, 15) is 9.90 Å². The largest absolute Gasteiger partial charge is 0.481 e. The Kier molecular flexibility index (Phi) is 3.24. The smallest absolute Gasteiger partial charge is 0.308 e. The maximum Gasteiger partial charge on any atom is 0.308 e. The molecule has 1 aliphatic carbocycles. The average molecular weight is 225 g/mol. The SMILES string of the molecule is CC1(C)CN(C2CCCCCC2C(=O)O)C1. The summed E-state index contributed by atoms with van der Waals surface area (Å²) in [4.78, 5) is 13.7. The van der Waals surface area contributed by atoms with Crippen molar-refractivity contribution in [3.8, 4) is 0 Å². The van der Waals surface area contributed by atoms with E-state index >= 15 is 0 Å². The van der Waals surface area contributed by atoms with Gasteiger partial charge in [-0.25, -0.2) is 0 Å². The molecule has 0 aromatic rings.